The van der Waals surface area contributed by atoms with Crippen molar-refractivity contribution in [3.63, 3.8) is 0 Å². The number of aromatic nitrogens is 2. The SMILES string of the molecule is CCN1c2ccccc2-c2nc(SCC(=O)Nc3ccc(F)cc3F)ncc2S1(=O)=O. The van der Waals surface area contributed by atoms with Gasteiger partial charge < -0.3 is 5.32 Å². The standard InChI is InChI=1S/C20H16F2N4O3S2/c1-2-26-16-6-4-3-5-13(16)19-17(31(26,28)29)10-23-20(25-19)30-11-18(27)24-15-8-7-12(21)9-14(15)22/h3-10H,2,11H2,1H3,(H,24,27). The van der Waals surface area contributed by atoms with Crippen molar-refractivity contribution in [2.24, 2.45) is 0 Å². The lowest BCUT2D eigenvalue weighted by Gasteiger charge is -2.30. The van der Waals surface area contributed by atoms with Gasteiger partial charge in [0.25, 0.3) is 10.0 Å². The Kier molecular flexibility index (Phi) is 5.63. The minimum absolute atomic E-state index is 0.00441. The molecule has 3 aromatic rings. The lowest BCUT2D eigenvalue weighted by Crippen LogP contribution is -2.34. The van der Waals surface area contributed by atoms with Gasteiger partial charge in [-0.3, -0.25) is 9.10 Å². The molecular weight excluding hydrogens is 446 g/mol. The van der Waals surface area contributed by atoms with Crippen molar-refractivity contribution >= 4 is 39.1 Å². The summed E-state index contributed by atoms with van der Waals surface area (Å²) < 4.78 is 53.9. The van der Waals surface area contributed by atoms with Gasteiger partial charge in [0.2, 0.25) is 5.91 Å². The predicted molar refractivity (Wildman–Crippen MR) is 113 cm³/mol. The maximum Gasteiger partial charge on any atom is 0.268 e. The first kappa shape index (κ1) is 21.2. The molecule has 11 heteroatoms. The molecule has 1 aliphatic rings. The lowest BCUT2D eigenvalue weighted by molar-refractivity contribution is -0.113. The number of fused-ring (bicyclic) bond motifs is 3. The summed E-state index contributed by atoms with van der Waals surface area (Å²) in [4.78, 5) is 20.6. The fourth-order valence-electron chi connectivity index (χ4n) is 3.19. The molecule has 0 saturated carbocycles. The van der Waals surface area contributed by atoms with E-state index in [9.17, 15) is 22.0 Å². The quantitative estimate of drug-likeness (QED) is 0.459. The number of halogens is 2. The highest BCUT2D eigenvalue weighted by molar-refractivity contribution is 7.99. The second-order valence-corrected chi connectivity index (χ2v) is 9.29. The third-order valence-corrected chi connectivity index (χ3v) is 7.30. The molecule has 7 nitrogen and oxygen atoms in total. The Bertz CT molecular complexity index is 1290. The molecule has 1 N–H and O–H groups in total. The van der Waals surface area contributed by atoms with Crippen LogP contribution in [0, 0.1) is 11.6 Å². The van der Waals surface area contributed by atoms with E-state index in [-0.39, 0.29) is 33.7 Å². The van der Waals surface area contributed by atoms with Crippen LogP contribution in [0.1, 0.15) is 6.92 Å². The zero-order chi connectivity index (χ0) is 22.2. The number of nitrogens with one attached hydrogen (secondary N) is 1. The summed E-state index contributed by atoms with van der Waals surface area (Å²) in [6, 6.07) is 9.86. The number of benzene rings is 2. The van der Waals surface area contributed by atoms with Gasteiger partial charge in [-0.2, -0.15) is 0 Å². The van der Waals surface area contributed by atoms with E-state index in [0.29, 0.717) is 17.3 Å². The number of carbonyl (C=O) groups is 1. The fourth-order valence-corrected chi connectivity index (χ4v) is 5.39. The second-order valence-electron chi connectivity index (χ2n) is 6.51. The summed E-state index contributed by atoms with van der Waals surface area (Å²) in [5.41, 5.74) is 1.30. The normalized spacial score (nSPS) is 14.0. The van der Waals surface area contributed by atoms with Crippen LogP contribution in [0.15, 0.2) is 58.7 Å². The number of thioether (sulfide) groups is 1. The van der Waals surface area contributed by atoms with Crippen LogP contribution in [0.5, 0.6) is 0 Å². The molecule has 0 saturated heterocycles. The maximum atomic E-state index is 13.7. The van der Waals surface area contributed by atoms with E-state index >= 15 is 0 Å². The summed E-state index contributed by atoms with van der Waals surface area (Å²) in [5, 5.41) is 2.55. The van der Waals surface area contributed by atoms with Crippen molar-refractivity contribution in [3.8, 4) is 11.3 Å². The molecule has 0 fully saturated rings. The van der Waals surface area contributed by atoms with Crippen molar-refractivity contribution in [2.45, 2.75) is 17.0 Å². The van der Waals surface area contributed by atoms with Crippen molar-refractivity contribution in [1.82, 2.24) is 9.97 Å². The Morgan fingerprint density at radius 3 is 2.71 bits per heavy atom. The van der Waals surface area contributed by atoms with Gasteiger partial charge >= 0.3 is 0 Å². The van der Waals surface area contributed by atoms with E-state index in [1.807, 2.05) is 0 Å². The number of nitrogens with zero attached hydrogens (tertiary/aromatic N) is 3. The average molecular weight is 463 g/mol. The molecule has 0 spiro atoms. The van der Waals surface area contributed by atoms with Crippen molar-refractivity contribution in [3.05, 3.63) is 60.3 Å². The van der Waals surface area contributed by atoms with Gasteiger partial charge in [-0.05, 0) is 25.1 Å². The van der Waals surface area contributed by atoms with Crippen LogP contribution >= 0.6 is 11.8 Å². The monoisotopic (exact) mass is 462 g/mol. The number of hydrogen-bond acceptors (Lipinski definition) is 6. The first-order valence-corrected chi connectivity index (χ1v) is 11.6. The molecule has 0 unspecified atom stereocenters. The first-order valence-electron chi connectivity index (χ1n) is 9.18. The third-order valence-electron chi connectivity index (χ3n) is 4.55. The smallest absolute Gasteiger partial charge is 0.268 e. The molecule has 0 bridgehead atoms. The lowest BCUT2D eigenvalue weighted by atomic mass is 10.1. The summed E-state index contributed by atoms with van der Waals surface area (Å²) in [6.07, 6.45) is 1.23. The van der Waals surface area contributed by atoms with Crippen LogP contribution in [0.4, 0.5) is 20.2 Å². The summed E-state index contributed by atoms with van der Waals surface area (Å²) in [5.74, 6) is -2.32. The number of amides is 1. The average Bonchev–Trinajstić information content (AvgIpc) is 2.74. The van der Waals surface area contributed by atoms with Crippen molar-refractivity contribution in [2.75, 3.05) is 21.9 Å². The summed E-state index contributed by atoms with van der Waals surface area (Å²) in [7, 11) is -3.80. The third kappa shape index (κ3) is 3.98. The number of para-hydroxylation sites is 1. The maximum absolute atomic E-state index is 13.7. The molecule has 1 aliphatic heterocycles. The second kappa shape index (κ2) is 8.23. The van der Waals surface area contributed by atoms with Gasteiger partial charge in [-0.1, -0.05) is 30.0 Å². The predicted octanol–water partition coefficient (Wildman–Crippen LogP) is 3.68. The Morgan fingerprint density at radius 1 is 1.19 bits per heavy atom. The summed E-state index contributed by atoms with van der Waals surface area (Å²) in [6.45, 7) is 2.00. The number of carbonyl (C=O) groups excluding carboxylic acids is 1. The molecule has 1 aromatic heterocycles. The highest BCUT2D eigenvalue weighted by Gasteiger charge is 2.35. The fraction of sp³-hybridized carbons (Fsp3) is 0.150. The van der Waals surface area contributed by atoms with Gasteiger partial charge in [0.1, 0.15) is 16.5 Å². The Hall–Kier alpha value is -3.05. The van der Waals surface area contributed by atoms with Gasteiger partial charge in [-0.15, -0.1) is 0 Å². The zero-order valence-electron chi connectivity index (χ0n) is 16.2. The van der Waals surface area contributed by atoms with E-state index in [4.69, 9.17) is 0 Å². The van der Waals surface area contributed by atoms with Crippen LogP contribution < -0.4 is 9.62 Å². The number of rotatable bonds is 5. The Labute approximate surface area is 181 Å². The van der Waals surface area contributed by atoms with Gasteiger partial charge in [-0.25, -0.2) is 27.2 Å². The molecular formula is C20H16F2N4O3S2. The van der Waals surface area contributed by atoms with E-state index < -0.39 is 27.6 Å². The van der Waals surface area contributed by atoms with Crippen LogP contribution in [0.3, 0.4) is 0 Å². The van der Waals surface area contributed by atoms with E-state index in [0.717, 1.165) is 23.9 Å². The largest absolute Gasteiger partial charge is 0.323 e. The molecule has 2 heterocycles. The zero-order valence-corrected chi connectivity index (χ0v) is 17.8. The number of hydrogen-bond donors (Lipinski definition) is 1. The number of sulfonamides is 1. The highest BCUT2D eigenvalue weighted by atomic mass is 32.2. The molecule has 160 valence electrons. The van der Waals surface area contributed by atoms with E-state index in [1.165, 1.54) is 10.5 Å². The van der Waals surface area contributed by atoms with Crippen LogP contribution in [0.2, 0.25) is 0 Å². The molecule has 4 rings (SSSR count). The molecule has 31 heavy (non-hydrogen) atoms. The van der Waals surface area contributed by atoms with Gasteiger partial charge in [0.05, 0.1) is 29.0 Å². The van der Waals surface area contributed by atoms with Gasteiger partial charge in [0.15, 0.2) is 5.16 Å². The highest BCUT2D eigenvalue weighted by Crippen LogP contribution is 2.41. The van der Waals surface area contributed by atoms with E-state index in [1.54, 1.807) is 31.2 Å². The molecule has 0 atom stereocenters. The summed E-state index contributed by atoms with van der Waals surface area (Å²) >= 11 is 0.972. The van der Waals surface area contributed by atoms with Crippen molar-refractivity contribution < 1.29 is 22.0 Å². The van der Waals surface area contributed by atoms with Crippen LogP contribution in [-0.2, 0) is 14.8 Å². The molecule has 0 aliphatic carbocycles. The van der Waals surface area contributed by atoms with Gasteiger partial charge in [0, 0.05) is 18.2 Å². The van der Waals surface area contributed by atoms with E-state index in [2.05, 4.69) is 15.3 Å². The molecule has 2 aromatic carbocycles. The Balaban J connectivity index is 1.57. The molecule has 0 radical (unpaired) electrons. The van der Waals surface area contributed by atoms with Crippen LogP contribution in [0.25, 0.3) is 11.3 Å². The Morgan fingerprint density at radius 2 is 1.97 bits per heavy atom. The minimum atomic E-state index is -3.80. The van der Waals surface area contributed by atoms with Crippen LogP contribution in [-0.4, -0.2) is 36.6 Å². The number of anilines is 2. The topological polar surface area (TPSA) is 92.3 Å². The van der Waals surface area contributed by atoms with Crippen molar-refractivity contribution in [1.29, 1.82) is 0 Å². The minimum Gasteiger partial charge on any atom is -0.323 e. The first-order chi connectivity index (χ1) is 14.8. The molecule has 1 amide bonds.